The van der Waals surface area contributed by atoms with E-state index in [1.807, 2.05) is 0 Å². The van der Waals surface area contributed by atoms with Gasteiger partial charge in [-0.25, -0.2) is 9.78 Å². The summed E-state index contributed by atoms with van der Waals surface area (Å²) in [5.41, 5.74) is 0. The van der Waals surface area contributed by atoms with E-state index < -0.39 is 12.3 Å². The average Bonchev–Trinajstić information content (AvgIpc) is 3.11. The lowest BCUT2D eigenvalue weighted by Gasteiger charge is -2.04. The highest BCUT2D eigenvalue weighted by Crippen LogP contribution is 2.16. The van der Waals surface area contributed by atoms with Crippen molar-refractivity contribution in [2.75, 3.05) is 0 Å². The number of hydrogen-bond acceptors (Lipinski definition) is 5. The molecule has 7 nitrogen and oxygen atoms in total. The molecule has 9 heteroatoms. The van der Waals surface area contributed by atoms with E-state index in [9.17, 15) is 13.6 Å². The number of alkyl halides is 2. The Morgan fingerprint density at radius 3 is 2.95 bits per heavy atom. The molecule has 0 bridgehead atoms. The molecule has 0 saturated heterocycles. The Morgan fingerprint density at radius 1 is 1.40 bits per heavy atom. The van der Waals surface area contributed by atoms with Gasteiger partial charge in [0.05, 0.1) is 6.26 Å². The third-order valence-electron chi connectivity index (χ3n) is 2.59. The van der Waals surface area contributed by atoms with Crippen LogP contribution in [0.25, 0.3) is 11.7 Å². The lowest BCUT2D eigenvalue weighted by atomic mass is 10.5. The van der Waals surface area contributed by atoms with Crippen LogP contribution in [-0.4, -0.2) is 19.3 Å². The quantitative estimate of drug-likeness (QED) is 0.728. The predicted molar refractivity (Wildman–Crippen MR) is 61.0 cm³/mol. The summed E-state index contributed by atoms with van der Waals surface area (Å²) in [5, 5.41) is 3.87. The Hall–Kier alpha value is -2.71. The van der Waals surface area contributed by atoms with Crippen molar-refractivity contribution in [3.05, 3.63) is 47.2 Å². The highest BCUT2D eigenvalue weighted by molar-refractivity contribution is 5.42. The fourth-order valence-electron chi connectivity index (χ4n) is 1.68. The Kier molecular flexibility index (Phi) is 2.93. The summed E-state index contributed by atoms with van der Waals surface area (Å²) in [5.74, 6) is -0.519. The molecule has 0 radical (unpaired) electrons. The largest absolute Gasteiger partial charge is 0.459 e. The van der Waals surface area contributed by atoms with E-state index in [1.165, 1.54) is 12.5 Å². The van der Waals surface area contributed by atoms with Crippen molar-refractivity contribution >= 4 is 0 Å². The van der Waals surface area contributed by atoms with Gasteiger partial charge in [-0.15, -0.1) is 5.10 Å². The minimum atomic E-state index is -2.74. The molecular weight excluding hydrogens is 274 g/mol. The van der Waals surface area contributed by atoms with Crippen LogP contribution in [-0.2, 0) is 6.54 Å². The second-order valence-electron chi connectivity index (χ2n) is 3.84. The molecule has 104 valence electrons. The highest BCUT2D eigenvalue weighted by atomic mass is 19.3. The van der Waals surface area contributed by atoms with Crippen molar-refractivity contribution < 1.29 is 17.6 Å². The zero-order chi connectivity index (χ0) is 14.1. The lowest BCUT2D eigenvalue weighted by Crippen LogP contribution is -2.19. The van der Waals surface area contributed by atoms with Crippen molar-refractivity contribution in [1.29, 1.82) is 0 Å². The van der Waals surface area contributed by atoms with Gasteiger partial charge in [-0.05, 0) is 12.1 Å². The van der Waals surface area contributed by atoms with Crippen LogP contribution in [0.1, 0.15) is 12.4 Å². The zero-order valence-electron chi connectivity index (χ0n) is 9.94. The molecule has 0 aliphatic rings. The van der Waals surface area contributed by atoms with Crippen LogP contribution >= 0.6 is 0 Å². The first-order valence-corrected chi connectivity index (χ1v) is 5.57. The molecule has 0 N–H and O–H groups in total. The monoisotopic (exact) mass is 282 g/mol. The molecule has 20 heavy (non-hydrogen) atoms. The first-order chi connectivity index (χ1) is 9.65. The average molecular weight is 282 g/mol. The number of aromatic nitrogens is 4. The summed E-state index contributed by atoms with van der Waals surface area (Å²) in [7, 11) is 0. The fraction of sp³-hybridized carbons (Fsp3) is 0.182. The number of nitrogens with zero attached hydrogens (tertiary/aromatic N) is 4. The topological polar surface area (TPSA) is 79.0 Å². The SMILES string of the molecule is O=c1oc(-c2ccco2)nn1Cc1nccn1C(F)F. The van der Waals surface area contributed by atoms with Crippen molar-refractivity contribution in [1.82, 2.24) is 19.3 Å². The second-order valence-corrected chi connectivity index (χ2v) is 3.84. The van der Waals surface area contributed by atoms with E-state index >= 15 is 0 Å². The van der Waals surface area contributed by atoms with Gasteiger partial charge in [-0.1, -0.05) is 0 Å². The van der Waals surface area contributed by atoms with Gasteiger partial charge in [0.25, 0.3) is 5.89 Å². The molecule has 3 aromatic heterocycles. The van der Waals surface area contributed by atoms with E-state index in [4.69, 9.17) is 8.83 Å². The Morgan fingerprint density at radius 2 is 2.25 bits per heavy atom. The molecule has 3 rings (SSSR count). The standard InChI is InChI=1S/C11H8F2N4O3/c12-10(13)16-4-3-14-8(16)6-17-11(18)20-9(15-17)7-2-1-5-19-7/h1-5,10H,6H2. The number of hydrogen-bond donors (Lipinski definition) is 0. The molecule has 0 aliphatic carbocycles. The minimum absolute atomic E-state index is 0.00129. The van der Waals surface area contributed by atoms with E-state index in [0.717, 1.165) is 10.9 Å². The van der Waals surface area contributed by atoms with Crippen LogP contribution in [0.3, 0.4) is 0 Å². The third-order valence-corrected chi connectivity index (χ3v) is 2.59. The van der Waals surface area contributed by atoms with E-state index in [1.54, 1.807) is 12.1 Å². The Bertz CT molecular complexity index is 757. The van der Waals surface area contributed by atoms with Crippen molar-refractivity contribution in [3.63, 3.8) is 0 Å². The number of rotatable bonds is 4. The summed E-state index contributed by atoms with van der Waals surface area (Å²) in [6.45, 7) is -2.96. The molecule has 3 aromatic rings. The van der Waals surface area contributed by atoms with Gasteiger partial charge in [0, 0.05) is 12.4 Å². The minimum Gasteiger partial charge on any atom is -0.459 e. The van der Waals surface area contributed by atoms with Crippen molar-refractivity contribution in [2.45, 2.75) is 13.1 Å². The van der Waals surface area contributed by atoms with Crippen LogP contribution in [0, 0.1) is 0 Å². The highest BCUT2D eigenvalue weighted by Gasteiger charge is 2.16. The van der Waals surface area contributed by atoms with Crippen LogP contribution in [0.5, 0.6) is 0 Å². The van der Waals surface area contributed by atoms with Crippen LogP contribution in [0.4, 0.5) is 8.78 Å². The normalized spacial score (nSPS) is 11.3. The molecule has 0 spiro atoms. The first-order valence-electron chi connectivity index (χ1n) is 5.57. The summed E-state index contributed by atoms with van der Waals surface area (Å²) in [6, 6.07) is 3.17. The fourth-order valence-corrected chi connectivity index (χ4v) is 1.68. The van der Waals surface area contributed by atoms with Gasteiger partial charge in [0.15, 0.2) is 5.76 Å². The molecule has 0 amide bonds. The predicted octanol–water partition coefficient (Wildman–Crippen LogP) is 1.74. The van der Waals surface area contributed by atoms with Gasteiger partial charge < -0.3 is 8.83 Å². The van der Waals surface area contributed by atoms with Crippen molar-refractivity contribution in [2.24, 2.45) is 0 Å². The maximum Gasteiger partial charge on any atom is 0.437 e. The Labute approximate surface area is 110 Å². The van der Waals surface area contributed by atoms with E-state index in [-0.39, 0.29) is 24.0 Å². The number of furan rings is 1. The zero-order valence-corrected chi connectivity index (χ0v) is 9.94. The smallest absolute Gasteiger partial charge is 0.437 e. The first kappa shape index (κ1) is 12.3. The summed E-state index contributed by atoms with van der Waals surface area (Å²) in [6.07, 6.45) is 3.75. The Balaban J connectivity index is 1.92. The molecule has 0 unspecified atom stereocenters. The molecule has 0 fully saturated rings. The third kappa shape index (κ3) is 2.13. The van der Waals surface area contributed by atoms with Gasteiger partial charge in [0.1, 0.15) is 12.4 Å². The van der Waals surface area contributed by atoms with Crippen LogP contribution < -0.4 is 5.76 Å². The van der Waals surface area contributed by atoms with Crippen LogP contribution in [0.15, 0.2) is 44.4 Å². The summed E-state index contributed by atoms with van der Waals surface area (Å²) < 4.78 is 36.8. The van der Waals surface area contributed by atoms with Gasteiger partial charge >= 0.3 is 12.3 Å². The van der Waals surface area contributed by atoms with E-state index in [0.29, 0.717) is 4.57 Å². The number of halogens is 2. The molecule has 0 aliphatic heterocycles. The lowest BCUT2D eigenvalue weighted by molar-refractivity contribution is 0.0665. The van der Waals surface area contributed by atoms with Gasteiger partial charge in [0.2, 0.25) is 0 Å². The maximum absolute atomic E-state index is 12.7. The molecular formula is C11H8F2N4O3. The molecule has 0 saturated carbocycles. The molecule has 0 aromatic carbocycles. The van der Waals surface area contributed by atoms with E-state index in [2.05, 4.69) is 10.1 Å². The molecule has 3 heterocycles. The molecule has 0 atom stereocenters. The van der Waals surface area contributed by atoms with Gasteiger partial charge in [-0.3, -0.25) is 4.57 Å². The van der Waals surface area contributed by atoms with Crippen LogP contribution in [0.2, 0.25) is 0 Å². The summed E-state index contributed by atoms with van der Waals surface area (Å²) in [4.78, 5) is 15.4. The number of imidazole rings is 1. The second kappa shape index (κ2) is 4.76. The summed E-state index contributed by atoms with van der Waals surface area (Å²) >= 11 is 0. The van der Waals surface area contributed by atoms with Crippen molar-refractivity contribution in [3.8, 4) is 11.7 Å². The van der Waals surface area contributed by atoms with Gasteiger partial charge in [-0.2, -0.15) is 13.5 Å². The maximum atomic E-state index is 12.7.